The summed E-state index contributed by atoms with van der Waals surface area (Å²) in [6.45, 7) is 6.01. The van der Waals surface area contributed by atoms with Crippen molar-refractivity contribution in [3.8, 4) is 0 Å². The second-order valence-electron chi connectivity index (χ2n) is 2.16. The molecule has 0 N–H and O–H groups in total. The molecule has 0 aliphatic rings. The van der Waals surface area contributed by atoms with Crippen LogP contribution in [0.5, 0.6) is 0 Å². The van der Waals surface area contributed by atoms with Gasteiger partial charge in [0.15, 0.2) is 0 Å². The van der Waals surface area contributed by atoms with Gasteiger partial charge in [-0.3, -0.25) is 4.99 Å². The summed E-state index contributed by atoms with van der Waals surface area (Å²) < 4.78 is 5.00. The first-order chi connectivity index (χ1) is 5.31. The topological polar surface area (TPSA) is 21.6 Å². The number of rotatable bonds is 5. The van der Waals surface area contributed by atoms with Crippen molar-refractivity contribution in [3.63, 3.8) is 0 Å². The largest absolute Gasteiger partial charge is 0.378 e. The third kappa shape index (κ3) is 7.00. The van der Waals surface area contributed by atoms with Crippen LogP contribution < -0.4 is 0 Å². The van der Waals surface area contributed by atoms with Crippen LogP contribution in [0.2, 0.25) is 0 Å². The number of methoxy groups -OCH3 is 1. The Morgan fingerprint density at radius 2 is 2.27 bits per heavy atom. The Balaban J connectivity index is 3.49. The zero-order valence-corrected chi connectivity index (χ0v) is 7.16. The van der Waals surface area contributed by atoms with Gasteiger partial charge in [-0.2, -0.15) is 0 Å². The molecule has 62 valence electrons. The summed E-state index contributed by atoms with van der Waals surface area (Å²) in [5, 5.41) is 0. The highest BCUT2D eigenvalue weighted by Crippen LogP contribution is 1.89. The maximum Gasteiger partial charge on any atom is 0.0726 e. The van der Waals surface area contributed by atoms with Crippen LogP contribution in [-0.4, -0.2) is 26.5 Å². The van der Waals surface area contributed by atoms with Gasteiger partial charge in [-0.1, -0.05) is 24.3 Å². The lowest BCUT2D eigenvalue weighted by atomic mass is 10.3. The minimum Gasteiger partial charge on any atom is -0.378 e. The molecule has 0 rings (SSSR count). The van der Waals surface area contributed by atoms with Crippen LogP contribution in [0.15, 0.2) is 29.3 Å². The Morgan fingerprint density at radius 1 is 1.55 bits per heavy atom. The second kappa shape index (κ2) is 7.22. The standard InChI is InChI=1S/C9H15NO/c1-9(11-3)7-5-4-6-8-10-2/h4-7,9H,2,8H2,1,3H3. The fourth-order valence-corrected chi connectivity index (χ4v) is 0.513. The van der Waals surface area contributed by atoms with E-state index in [0.29, 0.717) is 6.54 Å². The molecule has 0 amide bonds. The van der Waals surface area contributed by atoms with Crippen molar-refractivity contribution in [2.45, 2.75) is 13.0 Å². The first-order valence-electron chi connectivity index (χ1n) is 3.60. The molecule has 0 aromatic carbocycles. The number of hydrogen-bond acceptors (Lipinski definition) is 2. The molecule has 1 unspecified atom stereocenters. The van der Waals surface area contributed by atoms with Crippen molar-refractivity contribution < 1.29 is 4.74 Å². The smallest absolute Gasteiger partial charge is 0.0726 e. The zero-order chi connectivity index (χ0) is 8.53. The van der Waals surface area contributed by atoms with E-state index in [1.165, 1.54) is 0 Å². The highest BCUT2D eigenvalue weighted by molar-refractivity contribution is 5.24. The van der Waals surface area contributed by atoms with Crippen LogP contribution in [-0.2, 0) is 4.74 Å². The van der Waals surface area contributed by atoms with Gasteiger partial charge in [0, 0.05) is 7.11 Å². The van der Waals surface area contributed by atoms with Crippen molar-refractivity contribution in [3.05, 3.63) is 24.3 Å². The number of aliphatic imine (C=N–C) groups is 1. The number of hydrogen-bond donors (Lipinski definition) is 0. The summed E-state index contributed by atoms with van der Waals surface area (Å²) in [5.74, 6) is 0. The number of allylic oxidation sites excluding steroid dienone is 2. The quantitative estimate of drug-likeness (QED) is 0.436. The molecule has 1 atom stereocenters. The normalized spacial score (nSPS) is 14.4. The SMILES string of the molecule is C=NCC=CC=CC(C)OC. The summed E-state index contributed by atoms with van der Waals surface area (Å²) >= 11 is 0. The Hall–Kier alpha value is -0.890. The Labute approximate surface area is 68.3 Å². The molecule has 0 bridgehead atoms. The van der Waals surface area contributed by atoms with Crippen LogP contribution in [0.3, 0.4) is 0 Å². The van der Waals surface area contributed by atoms with Crippen LogP contribution >= 0.6 is 0 Å². The molecule has 2 heteroatoms. The third-order valence-corrected chi connectivity index (χ3v) is 1.24. The molecule has 0 aromatic heterocycles. The molecule has 0 spiro atoms. The van der Waals surface area contributed by atoms with Crippen LogP contribution in [0.25, 0.3) is 0 Å². The number of nitrogens with zero attached hydrogens (tertiary/aromatic N) is 1. The first kappa shape index (κ1) is 10.1. The van der Waals surface area contributed by atoms with Gasteiger partial charge < -0.3 is 4.74 Å². The lowest BCUT2D eigenvalue weighted by molar-refractivity contribution is 0.156. The summed E-state index contributed by atoms with van der Waals surface area (Å²) in [6, 6.07) is 0. The highest BCUT2D eigenvalue weighted by Gasteiger charge is 1.86. The van der Waals surface area contributed by atoms with Gasteiger partial charge in [-0.15, -0.1) is 0 Å². The van der Waals surface area contributed by atoms with Gasteiger partial charge in [0.25, 0.3) is 0 Å². The lowest BCUT2D eigenvalue weighted by Gasteiger charge is -1.99. The van der Waals surface area contributed by atoms with E-state index in [0.717, 1.165) is 0 Å². The fourth-order valence-electron chi connectivity index (χ4n) is 0.513. The van der Waals surface area contributed by atoms with Crippen molar-refractivity contribution >= 4 is 6.72 Å². The van der Waals surface area contributed by atoms with E-state index in [2.05, 4.69) is 11.7 Å². The molecule has 0 fully saturated rings. The highest BCUT2D eigenvalue weighted by atomic mass is 16.5. The van der Waals surface area contributed by atoms with E-state index >= 15 is 0 Å². The van der Waals surface area contributed by atoms with Gasteiger partial charge in [-0.05, 0) is 13.6 Å². The Morgan fingerprint density at radius 3 is 2.82 bits per heavy atom. The lowest BCUT2D eigenvalue weighted by Crippen LogP contribution is -1.97. The molecule has 0 saturated heterocycles. The molecular weight excluding hydrogens is 138 g/mol. The Kier molecular flexibility index (Phi) is 6.64. The molecule has 0 saturated carbocycles. The van der Waals surface area contributed by atoms with Crippen molar-refractivity contribution in [2.24, 2.45) is 4.99 Å². The molecule has 0 aromatic rings. The molecule has 0 aliphatic heterocycles. The van der Waals surface area contributed by atoms with Crippen molar-refractivity contribution in [1.82, 2.24) is 0 Å². The van der Waals surface area contributed by atoms with E-state index < -0.39 is 0 Å². The maximum atomic E-state index is 5.00. The van der Waals surface area contributed by atoms with Gasteiger partial charge in [0.2, 0.25) is 0 Å². The van der Waals surface area contributed by atoms with Gasteiger partial charge in [-0.25, -0.2) is 0 Å². The van der Waals surface area contributed by atoms with Gasteiger partial charge >= 0.3 is 0 Å². The molecule has 0 heterocycles. The second-order valence-corrected chi connectivity index (χ2v) is 2.16. The molecular formula is C9H15NO. The van der Waals surface area contributed by atoms with Crippen molar-refractivity contribution in [1.29, 1.82) is 0 Å². The molecule has 11 heavy (non-hydrogen) atoms. The maximum absolute atomic E-state index is 5.00. The molecule has 2 nitrogen and oxygen atoms in total. The van der Waals surface area contributed by atoms with Crippen LogP contribution in [0.1, 0.15) is 6.92 Å². The Bertz CT molecular complexity index is 150. The van der Waals surface area contributed by atoms with Gasteiger partial charge in [0.1, 0.15) is 0 Å². The number of ether oxygens (including phenoxy) is 1. The minimum absolute atomic E-state index is 0.177. The first-order valence-corrected chi connectivity index (χ1v) is 3.60. The summed E-state index contributed by atoms with van der Waals surface area (Å²) in [6.07, 6.45) is 7.96. The van der Waals surface area contributed by atoms with E-state index in [1.807, 2.05) is 31.2 Å². The van der Waals surface area contributed by atoms with Crippen molar-refractivity contribution in [2.75, 3.05) is 13.7 Å². The molecule has 0 aliphatic carbocycles. The average molecular weight is 153 g/mol. The molecule has 0 radical (unpaired) electrons. The van der Waals surface area contributed by atoms with E-state index in [4.69, 9.17) is 4.74 Å². The predicted octanol–water partition coefficient (Wildman–Crippen LogP) is 1.83. The summed E-state index contributed by atoms with van der Waals surface area (Å²) in [5.41, 5.74) is 0. The predicted molar refractivity (Wildman–Crippen MR) is 49.2 cm³/mol. The van der Waals surface area contributed by atoms with Gasteiger partial charge in [0.05, 0.1) is 12.6 Å². The summed E-state index contributed by atoms with van der Waals surface area (Å²) in [7, 11) is 1.68. The monoisotopic (exact) mass is 153 g/mol. The van der Waals surface area contributed by atoms with E-state index in [-0.39, 0.29) is 6.10 Å². The fraction of sp³-hybridized carbons (Fsp3) is 0.444. The van der Waals surface area contributed by atoms with E-state index in [1.54, 1.807) is 7.11 Å². The summed E-state index contributed by atoms with van der Waals surface area (Å²) in [4.78, 5) is 3.67. The third-order valence-electron chi connectivity index (χ3n) is 1.24. The average Bonchev–Trinajstić information content (AvgIpc) is 2.04. The zero-order valence-electron chi connectivity index (χ0n) is 7.16. The van der Waals surface area contributed by atoms with Crippen LogP contribution in [0.4, 0.5) is 0 Å². The van der Waals surface area contributed by atoms with E-state index in [9.17, 15) is 0 Å². The van der Waals surface area contributed by atoms with Crippen LogP contribution in [0, 0.1) is 0 Å². The minimum atomic E-state index is 0.177.